The topological polar surface area (TPSA) is 56.5 Å². The Kier molecular flexibility index (Phi) is 4.97. The highest BCUT2D eigenvalue weighted by Crippen LogP contribution is 2.18. The van der Waals surface area contributed by atoms with Gasteiger partial charge in [0.2, 0.25) is 0 Å². The number of aryl methyl sites for hydroxylation is 1. The lowest BCUT2D eigenvalue weighted by Crippen LogP contribution is -2.23. The Morgan fingerprint density at radius 1 is 0.964 bits per heavy atom. The van der Waals surface area contributed by atoms with E-state index in [1.165, 1.54) is 4.68 Å². The smallest absolute Gasteiger partial charge is 0.282 e. The van der Waals surface area contributed by atoms with Crippen molar-refractivity contribution in [2.24, 2.45) is 5.10 Å². The Bertz CT molecular complexity index is 1200. The Balaban J connectivity index is 1.76. The van der Waals surface area contributed by atoms with Crippen molar-refractivity contribution in [2.75, 3.05) is 0 Å². The van der Waals surface area contributed by atoms with Crippen molar-refractivity contribution in [1.82, 2.24) is 9.66 Å². The fraction of sp³-hybridized carbons (Fsp3) is 0.0870. The predicted octanol–water partition coefficient (Wildman–Crippen LogP) is 4.17. The van der Waals surface area contributed by atoms with E-state index >= 15 is 0 Å². The summed E-state index contributed by atoms with van der Waals surface area (Å²) in [6.07, 6.45) is 1.65. The summed E-state index contributed by atoms with van der Waals surface area (Å²) in [7, 11) is 0. The van der Waals surface area contributed by atoms with Crippen molar-refractivity contribution in [3.8, 4) is 5.75 Å². The van der Waals surface area contributed by atoms with E-state index < -0.39 is 0 Å². The number of fused-ring (bicyclic) bond motifs is 1. The van der Waals surface area contributed by atoms with Gasteiger partial charge in [0.15, 0.2) is 5.82 Å². The summed E-state index contributed by atoms with van der Waals surface area (Å²) in [5, 5.41) is 4.92. The van der Waals surface area contributed by atoms with Crippen LogP contribution in [0.25, 0.3) is 10.9 Å². The van der Waals surface area contributed by atoms with Crippen LogP contribution < -0.4 is 10.3 Å². The molecular formula is C23H19N3O2. The summed E-state index contributed by atoms with van der Waals surface area (Å²) in [6.45, 7) is 2.11. The molecule has 28 heavy (non-hydrogen) atoms. The van der Waals surface area contributed by atoms with Gasteiger partial charge < -0.3 is 4.74 Å². The summed E-state index contributed by atoms with van der Waals surface area (Å²) < 4.78 is 7.24. The van der Waals surface area contributed by atoms with E-state index in [0.717, 1.165) is 16.9 Å². The molecule has 5 nitrogen and oxygen atoms in total. The molecule has 0 saturated heterocycles. The van der Waals surface area contributed by atoms with Gasteiger partial charge in [0.05, 0.1) is 17.1 Å². The second-order valence-corrected chi connectivity index (χ2v) is 6.37. The summed E-state index contributed by atoms with van der Waals surface area (Å²) in [6, 6.07) is 24.6. The number of hydrogen-bond donors (Lipinski definition) is 0. The molecule has 0 aliphatic heterocycles. The number of nitrogens with zero attached hydrogens (tertiary/aromatic N) is 3. The van der Waals surface area contributed by atoms with E-state index in [4.69, 9.17) is 4.74 Å². The van der Waals surface area contributed by atoms with Crippen LogP contribution in [0.2, 0.25) is 0 Å². The first-order chi connectivity index (χ1) is 13.7. The average molecular weight is 369 g/mol. The molecule has 0 unspecified atom stereocenters. The summed E-state index contributed by atoms with van der Waals surface area (Å²) >= 11 is 0. The predicted molar refractivity (Wildman–Crippen MR) is 111 cm³/mol. The Morgan fingerprint density at radius 3 is 2.50 bits per heavy atom. The van der Waals surface area contributed by atoms with Crippen LogP contribution in [-0.4, -0.2) is 15.9 Å². The highest BCUT2D eigenvalue weighted by molar-refractivity contribution is 5.80. The molecule has 1 heterocycles. The number of para-hydroxylation sites is 2. The molecule has 0 aliphatic rings. The third-order valence-electron chi connectivity index (χ3n) is 4.39. The molecule has 1 aromatic heterocycles. The van der Waals surface area contributed by atoms with Crippen LogP contribution in [0.1, 0.15) is 17.0 Å². The van der Waals surface area contributed by atoms with Gasteiger partial charge in [0.25, 0.3) is 5.56 Å². The third kappa shape index (κ3) is 3.69. The van der Waals surface area contributed by atoms with E-state index in [-0.39, 0.29) is 12.2 Å². The number of hydrogen-bond acceptors (Lipinski definition) is 4. The lowest BCUT2D eigenvalue weighted by atomic mass is 10.2. The maximum atomic E-state index is 13.0. The molecule has 0 radical (unpaired) electrons. The number of rotatable bonds is 5. The van der Waals surface area contributed by atoms with Crippen LogP contribution in [0.4, 0.5) is 0 Å². The Labute approximate surface area is 162 Å². The van der Waals surface area contributed by atoms with Crippen LogP contribution in [-0.2, 0) is 6.61 Å². The van der Waals surface area contributed by atoms with Crippen molar-refractivity contribution in [3.05, 3.63) is 106 Å². The highest BCUT2D eigenvalue weighted by atomic mass is 16.5. The van der Waals surface area contributed by atoms with Crippen LogP contribution in [0.15, 0.2) is 88.8 Å². The highest BCUT2D eigenvalue weighted by Gasteiger charge is 2.11. The van der Waals surface area contributed by atoms with Crippen LogP contribution in [0.5, 0.6) is 5.75 Å². The number of benzene rings is 3. The molecule has 0 N–H and O–H groups in total. The van der Waals surface area contributed by atoms with E-state index in [0.29, 0.717) is 16.7 Å². The van der Waals surface area contributed by atoms with Crippen molar-refractivity contribution in [3.63, 3.8) is 0 Å². The van der Waals surface area contributed by atoms with E-state index in [9.17, 15) is 4.79 Å². The van der Waals surface area contributed by atoms with Gasteiger partial charge >= 0.3 is 0 Å². The van der Waals surface area contributed by atoms with Crippen molar-refractivity contribution >= 4 is 17.1 Å². The zero-order valence-corrected chi connectivity index (χ0v) is 15.4. The van der Waals surface area contributed by atoms with Gasteiger partial charge in [-0.3, -0.25) is 4.79 Å². The molecule has 0 fully saturated rings. The fourth-order valence-corrected chi connectivity index (χ4v) is 2.91. The van der Waals surface area contributed by atoms with Crippen molar-refractivity contribution in [1.29, 1.82) is 0 Å². The minimum atomic E-state index is -0.221. The first kappa shape index (κ1) is 17.7. The van der Waals surface area contributed by atoms with Crippen LogP contribution in [0.3, 0.4) is 0 Å². The zero-order valence-electron chi connectivity index (χ0n) is 15.4. The minimum absolute atomic E-state index is 0.136. The Hall–Kier alpha value is -3.73. The monoisotopic (exact) mass is 369 g/mol. The normalized spacial score (nSPS) is 11.2. The maximum Gasteiger partial charge on any atom is 0.282 e. The largest absolute Gasteiger partial charge is 0.485 e. The maximum absolute atomic E-state index is 13.0. The van der Waals surface area contributed by atoms with Gasteiger partial charge in [-0.15, -0.1) is 0 Å². The quantitative estimate of drug-likeness (QED) is 0.496. The van der Waals surface area contributed by atoms with Gasteiger partial charge in [-0.1, -0.05) is 60.7 Å². The molecule has 4 rings (SSSR count). The molecule has 4 aromatic rings. The number of ether oxygens (including phenoxy) is 1. The standard InChI is InChI=1S/C23H19N3O2/c1-17-9-5-8-14-21(17)28-16-22-25-20-13-7-6-12-19(20)23(27)26(22)24-15-18-10-3-2-4-11-18/h2-15H,16H2,1H3/b24-15-. The second kappa shape index (κ2) is 7.88. The number of aromatic nitrogens is 2. The molecule has 0 atom stereocenters. The van der Waals surface area contributed by atoms with E-state index in [1.807, 2.05) is 79.7 Å². The van der Waals surface area contributed by atoms with Gasteiger partial charge in [0, 0.05) is 0 Å². The summed E-state index contributed by atoms with van der Waals surface area (Å²) in [5.74, 6) is 1.20. The molecule has 0 saturated carbocycles. The first-order valence-corrected chi connectivity index (χ1v) is 9.01. The SMILES string of the molecule is Cc1ccccc1OCc1nc2ccccc2c(=O)n1/N=C\c1ccccc1. The second-order valence-electron chi connectivity index (χ2n) is 6.37. The molecule has 0 spiro atoms. The van der Waals surface area contributed by atoms with Gasteiger partial charge in [0.1, 0.15) is 12.4 Å². The molecular weight excluding hydrogens is 350 g/mol. The van der Waals surface area contributed by atoms with Crippen molar-refractivity contribution < 1.29 is 4.74 Å². The van der Waals surface area contributed by atoms with Gasteiger partial charge in [-0.2, -0.15) is 9.78 Å². The lowest BCUT2D eigenvalue weighted by molar-refractivity contribution is 0.287. The molecule has 0 bridgehead atoms. The molecule has 0 aliphatic carbocycles. The summed E-state index contributed by atoms with van der Waals surface area (Å²) in [4.78, 5) is 17.6. The van der Waals surface area contributed by atoms with Crippen LogP contribution in [0, 0.1) is 6.92 Å². The van der Waals surface area contributed by atoms with E-state index in [1.54, 1.807) is 12.3 Å². The van der Waals surface area contributed by atoms with E-state index in [2.05, 4.69) is 10.1 Å². The third-order valence-corrected chi connectivity index (χ3v) is 4.39. The minimum Gasteiger partial charge on any atom is -0.485 e. The molecule has 138 valence electrons. The lowest BCUT2D eigenvalue weighted by Gasteiger charge is -2.12. The van der Waals surface area contributed by atoms with Gasteiger partial charge in [-0.25, -0.2) is 4.98 Å². The molecule has 5 heteroatoms. The molecule has 0 amide bonds. The molecule has 3 aromatic carbocycles. The average Bonchev–Trinajstić information content (AvgIpc) is 2.73. The first-order valence-electron chi connectivity index (χ1n) is 9.01. The van der Waals surface area contributed by atoms with Crippen LogP contribution >= 0.6 is 0 Å². The van der Waals surface area contributed by atoms with Crippen molar-refractivity contribution in [2.45, 2.75) is 13.5 Å². The zero-order chi connectivity index (χ0) is 19.3. The fourth-order valence-electron chi connectivity index (χ4n) is 2.91. The van der Waals surface area contributed by atoms with Gasteiger partial charge in [-0.05, 0) is 36.2 Å². The Morgan fingerprint density at radius 2 is 1.68 bits per heavy atom. The summed E-state index contributed by atoms with van der Waals surface area (Å²) in [5.41, 5.74) is 2.32.